The highest BCUT2D eigenvalue weighted by atomic mass is 16.6. The molecule has 0 aliphatic rings. The van der Waals surface area contributed by atoms with Crippen molar-refractivity contribution in [1.82, 2.24) is 0 Å². The fourth-order valence-electron chi connectivity index (χ4n) is 7.23. The Morgan fingerprint density at radius 3 is 1.00 bits per heavy atom. The van der Waals surface area contributed by atoms with E-state index in [1.807, 2.05) is 0 Å². The van der Waals surface area contributed by atoms with Gasteiger partial charge < -0.3 is 14.2 Å². The Kier molecular flexibility index (Phi) is 46.4. The quantitative estimate of drug-likeness (QED) is 0.0263. The molecule has 0 N–H and O–H groups in total. The van der Waals surface area contributed by atoms with Crippen molar-refractivity contribution in [2.45, 2.75) is 271 Å². The molecule has 0 bridgehead atoms. The molecule has 1 atom stereocenters. The van der Waals surface area contributed by atoms with Gasteiger partial charge in [-0.2, -0.15) is 0 Å². The van der Waals surface area contributed by atoms with E-state index < -0.39 is 6.10 Å². The minimum Gasteiger partial charge on any atom is -0.462 e. The van der Waals surface area contributed by atoms with Crippen molar-refractivity contribution >= 4 is 17.9 Å². The summed E-state index contributed by atoms with van der Waals surface area (Å²) in [7, 11) is 0. The second-order valence-corrected chi connectivity index (χ2v) is 17.1. The van der Waals surface area contributed by atoms with Crippen LogP contribution >= 0.6 is 0 Å². The topological polar surface area (TPSA) is 78.9 Å². The Balaban J connectivity index is 4.38. The molecule has 6 heteroatoms. The lowest BCUT2D eigenvalue weighted by Crippen LogP contribution is -2.30. The van der Waals surface area contributed by atoms with Crippen LogP contribution in [-0.2, 0) is 28.6 Å². The molecule has 0 aliphatic carbocycles. The maximum atomic E-state index is 12.8. The molecule has 0 saturated carbocycles. The normalized spacial score (nSPS) is 12.3. The fourth-order valence-corrected chi connectivity index (χ4v) is 7.23. The van der Waals surface area contributed by atoms with Gasteiger partial charge in [-0.3, -0.25) is 14.4 Å². The van der Waals surface area contributed by atoms with Crippen LogP contribution in [0.15, 0.2) is 36.5 Å². The zero-order valence-electron chi connectivity index (χ0n) is 39.3. The van der Waals surface area contributed by atoms with E-state index >= 15 is 0 Å². The lowest BCUT2D eigenvalue weighted by atomic mass is 10.1. The second-order valence-electron chi connectivity index (χ2n) is 17.1. The van der Waals surface area contributed by atoms with Crippen LogP contribution in [0.3, 0.4) is 0 Å². The molecule has 0 amide bonds. The number of esters is 3. The summed E-state index contributed by atoms with van der Waals surface area (Å²) in [5.74, 6) is -0.887. The minimum atomic E-state index is -0.775. The van der Waals surface area contributed by atoms with Gasteiger partial charge >= 0.3 is 17.9 Å². The molecule has 0 aromatic rings. The molecular formula is C53H96O6. The van der Waals surface area contributed by atoms with Crippen molar-refractivity contribution in [3.63, 3.8) is 0 Å². The van der Waals surface area contributed by atoms with Crippen LogP contribution in [0.2, 0.25) is 0 Å². The van der Waals surface area contributed by atoms with E-state index in [1.54, 1.807) is 0 Å². The van der Waals surface area contributed by atoms with Crippen molar-refractivity contribution in [3.05, 3.63) is 36.5 Å². The number of ether oxygens (including phenoxy) is 3. The number of allylic oxidation sites excluding steroid dienone is 6. The molecular weight excluding hydrogens is 733 g/mol. The molecule has 0 spiro atoms. The third-order valence-corrected chi connectivity index (χ3v) is 11.1. The van der Waals surface area contributed by atoms with Gasteiger partial charge in [-0.15, -0.1) is 0 Å². The Labute approximate surface area is 365 Å². The van der Waals surface area contributed by atoms with Gasteiger partial charge in [0.05, 0.1) is 0 Å². The van der Waals surface area contributed by atoms with Crippen LogP contribution in [-0.4, -0.2) is 37.2 Å². The summed E-state index contributed by atoms with van der Waals surface area (Å²) in [6.45, 7) is 6.59. The maximum Gasteiger partial charge on any atom is 0.306 e. The lowest BCUT2D eigenvalue weighted by molar-refractivity contribution is -0.167. The lowest BCUT2D eigenvalue weighted by Gasteiger charge is -2.18. The Morgan fingerprint density at radius 1 is 0.339 bits per heavy atom. The van der Waals surface area contributed by atoms with Crippen molar-refractivity contribution in [1.29, 1.82) is 0 Å². The fraction of sp³-hybridized carbons (Fsp3) is 0.830. The molecule has 0 unspecified atom stereocenters. The predicted molar refractivity (Wildman–Crippen MR) is 252 cm³/mol. The average molecular weight is 829 g/mol. The predicted octanol–water partition coefficient (Wildman–Crippen LogP) is 16.5. The van der Waals surface area contributed by atoms with Gasteiger partial charge in [0, 0.05) is 19.3 Å². The highest BCUT2D eigenvalue weighted by Crippen LogP contribution is 2.15. The van der Waals surface area contributed by atoms with Crippen LogP contribution in [0, 0.1) is 0 Å². The number of carbonyl (C=O) groups is 3. The second kappa shape index (κ2) is 48.3. The highest BCUT2D eigenvalue weighted by Gasteiger charge is 2.19. The summed E-state index contributed by atoms with van der Waals surface area (Å²) in [6.07, 6.45) is 55.5. The van der Waals surface area contributed by atoms with Crippen molar-refractivity contribution in [3.8, 4) is 0 Å². The molecule has 0 radical (unpaired) electrons. The van der Waals surface area contributed by atoms with E-state index in [0.29, 0.717) is 19.3 Å². The first-order chi connectivity index (χ1) is 29.0. The monoisotopic (exact) mass is 829 g/mol. The average Bonchev–Trinajstić information content (AvgIpc) is 3.23. The summed E-state index contributed by atoms with van der Waals surface area (Å²) in [5, 5.41) is 0. The SMILES string of the molecule is CCCCC/C=C\C/C=C\CCCCCCCC(=O)OC[C@H](COC(=O)CCCCCCCCCCCCC)OC(=O)CCCCCCCCC/C=C\CCCCCC. The van der Waals surface area contributed by atoms with E-state index in [1.165, 1.54) is 148 Å². The molecule has 0 heterocycles. The van der Waals surface area contributed by atoms with Crippen LogP contribution in [0.4, 0.5) is 0 Å². The van der Waals surface area contributed by atoms with Crippen LogP contribution in [0.1, 0.15) is 265 Å². The molecule has 0 rings (SSSR count). The molecule has 0 aromatic heterocycles. The Hall–Kier alpha value is -2.37. The van der Waals surface area contributed by atoms with Gasteiger partial charge in [0.25, 0.3) is 0 Å². The first-order valence-corrected chi connectivity index (χ1v) is 25.5. The van der Waals surface area contributed by atoms with E-state index in [9.17, 15) is 14.4 Å². The van der Waals surface area contributed by atoms with Gasteiger partial charge in [0.1, 0.15) is 13.2 Å². The number of hydrogen-bond donors (Lipinski definition) is 0. The number of rotatable bonds is 46. The molecule has 6 nitrogen and oxygen atoms in total. The molecule has 0 fully saturated rings. The van der Waals surface area contributed by atoms with Gasteiger partial charge in [0.15, 0.2) is 6.10 Å². The molecule has 344 valence electrons. The molecule has 0 aliphatic heterocycles. The van der Waals surface area contributed by atoms with Gasteiger partial charge in [-0.1, -0.05) is 205 Å². The highest BCUT2D eigenvalue weighted by molar-refractivity contribution is 5.71. The van der Waals surface area contributed by atoms with Crippen molar-refractivity contribution in [2.75, 3.05) is 13.2 Å². The third kappa shape index (κ3) is 46.5. The smallest absolute Gasteiger partial charge is 0.306 e. The van der Waals surface area contributed by atoms with Gasteiger partial charge in [-0.25, -0.2) is 0 Å². The van der Waals surface area contributed by atoms with Crippen LogP contribution in [0.25, 0.3) is 0 Å². The van der Waals surface area contributed by atoms with Crippen LogP contribution in [0.5, 0.6) is 0 Å². The van der Waals surface area contributed by atoms with E-state index in [4.69, 9.17) is 14.2 Å². The maximum absolute atomic E-state index is 12.8. The summed E-state index contributed by atoms with van der Waals surface area (Å²) in [5.41, 5.74) is 0. The number of hydrogen-bond acceptors (Lipinski definition) is 6. The van der Waals surface area contributed by atoms with Gasteiger partial charge in [0.2, 0.25) is 0 Å². The molecule has 0 aromatic carbocycles. The summed E-state index contributed by atoms with van der Waals surface area (Å²) in [4.78, 5) is 37.9. The summed E-state index contributed by atoms with van der Waals surface area (Å²) in [6, 6.07) is 0. The summed E-state index contributed by atoms with van der Waals surface area (Å²) < 4.78 is 16.8. The van der Waals surface area contributed by atoms with E-state index in [0.717, 1.165) is 77.0 Å². The zero-order valence-corrected chi connectivity index (χ0v) is 39.3. The van der Waals surface area contributed by atoms with E-state index in [-0.39, 0.29) is 31.1 Å². The van der Waals surface area contributed by atoms with Crippen LogP contribution < -0.4 is 0 Å². The van der Waals surface area contributed by atoms with Crippen molar-refractivity contribution < 1.29 is 28.6 Å². The first kappa shape index (κ1) is 56.6. The molecule has 59 heavy (non-hydrogen) atoms. The minimum absolute atomic E-state index is 0.0758. The largest absolute Gasteiger partial charge is 0.462 e. The molecule has 0 saturated heterocycles. The Morgan fingerprint density at radius 2 is 0.610 bits per heavy atom. The number of carbonyl (C=O) groups excluding carboxylic acids is 3. The van der Waals surface area contributed by atoms with Gasteiger partial charge in [-0.05, 0) is 77.0 Å². The third-order valence-electron chi connectivity index (χ3n) is 11.1. The zero-order chi connectivity index (χ0) is 43.0. The number of unbranched alkanes of at least 4 members (excludes halogenated alkanes) is 29. The standard InChI is InChI=1S/C53H96O6/c1-4-7-10-13-16-19-22-24-26-28-31-34-37-40-43-46-52(55)58-49-50(48-57-51(54)45-42-39-36-33-30-21-18-15-12-9-6-3)59-53(56)47-44-41-38-35-32-29-27-25-23-20-17-14-11-8-5-2/h16,19-20,23-24,26,50H,4-15,17-18,21-22,25,27-49H2,1-3H3/b19-16-,23-20-,26-24-/t50-/m0/s1. The van der Waals surface area contributed by atoms with E-state index in [2.05, 4.69) is 57.2 Å². The first-order valence-electron chi connectivity index (χ1n) is 25.5. The Bertz CT molecular complexity index is 1000. The summed E-state index contributed by atoms with van der Waals surface area (Å²) >= 11 is 0. The van der Waals surface area contributed by atoms with Crippen molar-refractivity contribution in [2.24, 2.45) is 0 Å².